The number of thiocarbonyl (C=S) groups is 1. The lowest BCUT2D eigenvalue weighted by molar-refractivity contribution is 0.0606. The summed E-state index contributed by atoms with van der Waals surface area (Å²) in [5.74, 6) is -0.426. The van der Waals surface area contributed by atoms with E-state index in [1.54, 1.807) is 0 Å². The van der Waals surface area contributed by atoms with Crippen molar-refractivity contribution in [3.05, 3.63) is 28.1 Å². The highest BCUT2D eigenvalue weighted by Gasteiger charge is 2.18. The molecule has 1 aromatic heterocycles. The van der Waals surface area contributed by atoms with E-state index < -0.39 is 5.97 Å². The van der Waals surface area contributed by atoms with Gasteiger partial charge in [-0.3, -0.25) is 0 Å². The Labute approximate surface area is 154 Å². The Balaban J connectivity index is 1.68. The van der Waals surface area contributed by atoms with E-state index in [0.29, 0.717) is 21.6 Å². The quantitative estimate of drug-likeness (QED) is 0.617. The molecule has 128 valence electrons. The van der Waals surface area contributed by atoms with Gasteiger partial charge in [-0.2, -0.15) is 0 Å². The van der Waals surface area contributed by atoms with Gasteiger partial charge in [0, 0.05) is 28.9 Å². The highest BCUT2D eigenvalue weighted by molar-refractivity contribution is 7.80. The number of carbonyl (C=O) groups excluding carboxylic acids is 1. The fourth-order valence-corrected chi connectivity index (χ4v) is 4.22. The highest BCUT2D eigenvalue weighted by Crippen LogP contribution is 2.37. The molecule has 5 nitrogen and oxygen atoms in total. The molecule has 8 heteroatoms. The summed E-state index contributed by atoms with van der Waals surface area (Å²) in [6, 6.07) is 5.66. The van der Waals surface area contributed by atoms with Gasteiger partial charge in [0.05, 0.1) is 18.2 Å². The first-order valence-electron chi connectivity index (χ1n) is 7.55. The van der Waals surface area contributed by atoms with Crippen LogP contribution in [0.3, 0.4) is 0 Å². The Kier molecular flexibility index (Phi) is 5.55. The molecule has 0 spiro atoms. The van der Waals surface area contributed by atoms with Crippen LogP contribution in [0.25, 0.3) is 10.1 Å². The summed E-state index contributed by atoms with van der Waals surface area (Å²) in [6.45, 7) is 1.52. The molecule has 0 saturated carbocycles. The van der Waals surface area contributed by atoms with Crippen molar-refractivity contribution in [1.29, 1.82) is 0 Å². The van der Waals surface area contributed by atoms with E-state index in [9.17, 15) is 4.79 Å². The number of thiophene rings is 1. The van der Waals surface area contributed by atoms with Crippen LogP contribution in [0.4, 0.5) is 5.69 Å². The molecule has 0 bridgehead atoms. The minimum absolute atomic E-state index is 0.228. The first kappa shape index (κ1) is 17.4. The summed E-state index contributed by atoms with van der Waals surface area (Å²) >= 11 is 12.9. The van der Waals surface area contributed by atoms with E-state index in [0.717, 1.165) is 35.2 Å². The Hall–Kier alpha value is -1.41. The molecule has 1 aromatic carbocycles. The summed E-state index contributed by atoms with van der Waals surface area (Å²) in [5, 5.41) is 8.10. The lowest BCUT2D eigenvalue weighted by Crippen LogP contribution is -2.34. The van der Waals surface area contributed by atoms with Crippen molar-refractivity contribution in [1.82, 2.24) is 5.32 Å². The summed E-state index contributed by atoms with van der Waals surface area (Å²) in [6.07, 6.45) is 2.39. The molecule has 1 atom stereocenters. The third kappa shape index (κ3) is 3.80. The fraction of sp³-hybridized carbons (Fsp3) is 0.375. The SMILES string of the molecule is COC(=O)c1sc2cc(NC(=S)NCC3CCCO3)ccc2c1Cl. The predicted octanol–water partition coefficient (Wildman–Crippen LogP) is 3.81. The molecule has 3 rings (SSSR count). The zero-order valence-corrected chi connectivity index (χ0v) is 15.4. The minimum Gasteiger partial charge on any atom is -0.465 e. The van der Waals surface area contributed by atoms with Crippen LogP contribution >= 0.6 is 35.2 Å². The summed E-state index contributed by atoms with van der Waals surface area (Å²) in [4.78, 5) is 12.1. The lowest BCUT2D eigenvalue weighted by atomic mass is 10.2. The van der Waals surface area contributed by atoms with E-state index in [4.69, 9.17) is 33.3 Å². The van der Waals surface area contributed by atoms with E-state index in [-0.39, 0.29) is 6.10 Å². The second-order valence-electron chi connectivity index (χ2n) is 5.42. The molecule has 24 heavy (non-hydrogen) atoms. The number of nitrogens with one attached hydrogen (secondary N) is 2. The molecular weight excluding hydrogens is 368 g/mol. The Bertz CT molecular complexity index is 772. The number of carbonyl (C=O) groups is 1. The van der Waals surface area contributed by atoms with Gasteiger partial charge < -0.3 is 20.1 Å². The van der Waals surface area contributed by atoms with E-state index in [1.165, 1.54) is 18.4 Å². The van der Waals surface area contributed by atoms with Gasteiger partial charge in [0.2, 0.25) is 0 Å². The first-order valence-corrected chi connectivity index (χ1v) is 9.15. The zero-order valence-electron chi connectivity index (χ0n) is 13.1. The number of anilines is 1. The van der Waals surface area contributed by atoms with Crippen molar-refractivity contribution in [2.24, 2.45) is 0 Å². The Morgan fingerprint density at radius 1 is 1.54 bits per heavy atom. The van der Waals surface area contributed by atoms with Gasteiger partial charge in [-0.15, -0.1) is 11.3 Å². The average Bonchev–Trinajstić information content (AvgIpc) is 3.20. The van der Waals surface area contributed by atoms with Crippen molar-refractivity contribution in [2.75, 3.05) is 25.6 Å². The number of rotatable bonds is 4. The molecule has 2 N–H and O–H groups in total. The van der Waals surface area contributed by atoms with Crippen LogP contribution in [0.1, 0.15) is 22.5 Å². The molecule has 1 fully saturated rings. The molecule has 0 aliphatic carbocycles. The highest BCUT2D eigenvalue weighted by atomic mass is 35.5. The number of benzene rings is 1. The second-order valence-corrected chi connectivity index (χ2v) is 7.26. The van der Waals surface area contributed by atoms with Gasteiger partial charge in [-0.05, 0) is 43.3 Å². The van der Waals surface area contributed by atoms with E-state index >= 15 is 0 Å². The third-order valence-electron chi connectivity index (χ3n) is 3.77. The predicted molar refractivity (Wildman–Crippen MR) is 101 cm³/mol. The maximum atomic E-state index is 11.7. The monoisotopic (exact) mass is 384 g/mol. The molecule has 0 amide bonds. The maximum absolute atomic E-state index is 11.7. The van der Waals surface area contributed by atoms with Crippen molar-refractivity contribution in [3.8, 4) is 0 Å². The smallest absolute Gasteiger partial charge is 0.349 e. The second kappa shape index (κ2) is 7.65. The molecule has 2 heterocycles. The van der Waals surface area contributed by atoms with Crippen LogP contribution in [-0.4, -0.2) is 37.4 Å². The van der Waals surface area contributed by atoms with Crippen molar-refractivity contribution < 1.29 is 14.3 Å². The van der Waals surface area contributed by atoms with Gasteiger partial charge in [0.15, 0.2) is 5.11 Å². The molecule has 0 radical (unpaired) electrons. The Morgan fingerprint density at radius 3 is 3.08 bits per heavy atom. The van der Waals surface area contributed by atoms with Gasteiger partial charge in [-0.25, -0.2) is 4.79 Å². The van der Waals surface area contributed by atoms with Gasteiger partial charge >= 0.3 is 5.97 Å². The molecule has 1 unspecified atom stereocenters. The number of fused-ring (bicyclic) bond motifs is 1. The first-order chi connectivity index (χ1) is 11.6. The van der Waals surface area contributed by atoms with Crippen LogP contribution in [0.5, 0.6) is 0 Å². The van der Waals surface area contributed by atoms with Crippen LogP contribution in [-0.2, 0) is 9.47 Å². The Morgan fingerprint density at radius 2 is 2.38 bits per heavy atom. The molecule has 1 aliphatic rings. The molecule has 1 saturated heterocycles. The van der Waals surface area contributed by atoms with Crippen LogP contribution in [0, 0.1) is 0 Å². The van der Waals surface area contributed by atoms with Crippen molar-refractivity contribution in [3.63, 3.8) is 0 Å². The number of methoxy groups -OCH3 is 1. The van der Waals surface area contributed by atoms with Crippen molar-refractivity contribution >= 4 is 62.0 Å². The molecule has 1 aliphatic heterocycles. The van der Waals surface area contributed by atoms with E-state index in [2.05, 4.69) is 10.6 Å². The molecular formula is C16H17ClN2O3S2. The average molecular weight is 385 g/mol. The number of halogens is 1. The topological polar surface area (TPSA) is 59.6 Å². The van der Waals surface area contributed by atoms with Crippen molar-refractivity contribution in [2.45, 2.75) is 18.9 Å². The van der Waals surface area contributed by atoms with Crippen LogP contribution < -0.4 is 10.6 Å². The molecule has 2 aromatic rings. The van der Waals surface area contributed by atoms with Gasteiger partial charge in [0.25, 0.3) is 0 Å². The number of hydrogen-bond acceptors (Lipinski definition) is 5. The van der Waals surface area contributed by atoms with Gasteiger partial charge in [-0.1, -0.05) is 11.6 Å². The fourth-order valence-electron chi connectivity index (χ4n) is 2.55. The largest absolute Gasteiger partial charge is 0.465 e. The minimum atomic E-state index is -0.426. The summed E-state index contributed by atoms with van der Waals surface area (Å²) in [7, 11) is 1.34. The summed E-state index contributed by atoms with van der Waals surface area (Å²) < 4.78 is 11.2. The zero-order chi connectivity index (χ0) is 17.1. The summed E-state index contributed by atoms with van der Waals surface area (Å²) in [5.41, 5.74) is 0.835. The maximum Gasteiger partial charge on any atom is 0.349 e. The number of hydrogen-bond donors (Lipinski definition) is 2. The lowest BCUT2D eigenvalue weighted by Gasteiger charge is -2.14. The number of esters is 1. The van der Waals surface area contributed by atoms with Crippen LogP contribution in [0.2, 0.25) is 5.02 Å². The van der Waals surface area contributed by atoms with E-state index in [1.807, 2.05) is 18.2 Å². The number of ether oxygens (including phenoxy) is 2. The van der Waals surface area contributed by atoms with Gasteiger partial charge in [0.1, 0.15) is 4.88 Å². The van der Waals surface area contributed by atoms with Crippen LogP contribution in [0.15, 0.2) is 18.2 Å². The normalized spacial score (nSPS) is 17.0. The standard InChI is InChI=1S/C16H17ClN2O3S2/c1-21-15(20)14-13(17)11-5-4-9(7-12(11)24-14)19-16(23)18-8-10-3-2-6-22-10/h4-5,7,10H,2-3,6,8H2,1H3,(H2,18,19,23). The third-order valence-corrected chi connectivity index (χ3v) is 5.66.